The minimum atomic E-state index is -0.141. The predicted octanol–water partition coefficient (Wildman–Crippen LogP) is 3.97. The van der Waals surface area contributed by atoms with E-state index in [9.17, 15) is 4.79 Å². The van der Waals surface area contributed by atoms with Crippen molar-refractivity contribution in [2.75, 3.05) is 31.2 Å². The van der Waals surface area contributed by atoms with Gasteiger partial charge in [0.25, 0.3) is 5.91 Å². The van der Waals surface area contributed by atoms with Gasteiger partial charge in [0, 0.05) is 48.8 Å². The molecule has 2 aliphatic rings. The number of morpholine rings is 1. The van der Waals surface area contributed by atoms with E-state index < -0.39 is 0 Å². The van der Waals surface area contributed by atoms with Crippen LogP contribution in [-0.4, -0.2) is 37.2 Å². The number of fused-ring (bicyclic) bond motifs is 1. The smallest absolute Gasteiger partial charge is 0.251 e. The number of hydrogen-bond donors (Lipinski definition) is 1. The molecule has 1 unspecified atom stereocenters. The van der Waals surface area contributed by atoms with Crippen LogP contribution in [-0.2, 0) is 11.3 Å². The van der Waals surface area contributed by atoms with E-state index in [1.807, 2.05) is 31.2 Å². The van der Waals surface area contributed by atoms with E-state index in [2.05, 4.69) is 39.5 Å². The maximum atomic E-state index is 12.3. The van der Waals surface area contributed by atoms with Crippen LogP contribution in [0.5, 0.6) is 5.75 Å². The molecule has 2 aliphatic heterocycles. The Labute approximate surface area is 181 Å². The zero-order valence-electron chi connectivity index (χ0n) is 17.5. The summed E-state index contributed by atoms with van der Waals surface area (Å²) >= 11 is 0. The first-order chi connectivity index (χ1) is 15.2. The highest BCUT2D eigenvalue weighted by molar-refractivity contribution is 6.00. The molecule has 1 fully saturated rings. The Morgan fingerprint density at radius 2 is 1.77 bits per heavy atom. The average Bonchev–Trinajstić information content (AvgIpc) is 3.19. The normalized spacial score (nSPS) is 16.5. The number of hydrogen-bond acceptors (Lipinski definition) is 5. The maximum absolute atomic E-state index is 12.3. The molecule has 1 atom stereocenters. The number of amides is 1. The molecule has 31 heavy (non-hydrogen) atoms. The molecule has 0 radical (unpaired) electrons. The van der Waals surface area contributed by atoms with Crippen LogP contribution in [0.4, 0.5) is 5.69 Å². The number of benzene rings is 2. The van der Waals surface area contributed by atoms with Crippen molar-refractivity contribution >= 4 is 11.6 Å². The Hall–Kier alpha value is -3.38. The van der Waals surface area contributed by atoms with Crippen LogP contribution in [0, 0.1) is 0 Å². The van der Waals surface area contributed by atoms with Crippen LogP contribution in [0.1, 0.15) is 34.5 Å². The third kappa shape index (κ3) is 3.99. The van der Waals surface area contributed by atoms with E-state index in [-0.39, 0.29) is 12.0 Å². The number of ether oxygens (including phenoxy) is 2. The van der Waals surface area contributed by atoms with Crippen molar-refractivity contribution in [2.45, 2.75) is 19.6 Å². The Balaban J connectivity index is 1.49. The number of carbonyl (C=O) groups excluding carboxylic acids is 1. The predicted molar refractivity (Wildman–Crippen MR) is 119 cm³/mol. The van der Waals surface area contributed by atoms with Crippen molar-refractivity contribution in [1.29, 1.82) is 0 Å². The molecule has 6 heteroatoms. The van der Waals surface area contributed by atoms with Gasteiger partial charge in [-0.2, -0.15) is 0 Å². The fourth-order valence-corrected chi connectivity index (χ4v) is 4.14. The van der Waals surface area contributed by atoms with E-state index in [0.717, 1.165) is 59.9 Å². The zero-order chi connectivity index (χ0) is 21.2. The average molecular weight is 415 g/mol. The third-order valence-corrected chi connectivity index (χ3v) is 5.92. The summed E-state index contributed by atoms with van der Waals surface area (Å²) in [7, 11) is 0. The Morgan fingerprint density at radius 1 is 1.03 bits per heavy atom. The van der Waals surface area contributed by atoms with Crippen molar-refractivity contribution < 1.29 is 14.3 Å². The summed E-state index contributed by atoms with van der Waals surface area (Å²) in [5.74, 6) is 0.744. The van der Waals surface area contributed by atoms with E-state index in [0.29, 0.717) is 6.54 Å². The van der Waals surface area contributed by atoms with Crippen molar-refractivity contribution in [2.24, 2.45) is 0 Å². The SMILES string of the molecule is CC(Oc1cc2c(cc1-c1ccc(N3CCOCC3)cc1)C(=O)NC2)c1ccncc1. The van der Waals surface area contributed by atoms with E-state index >= 15 is 0 Å². The fourth-order valence-electron chi connectivity index (χ4n) is 4.14. The Bertz CT molecular complexity index is 1080. The Morgan fingerprint density at radius 3 is 2.52 bits per heavy atom. The maximum Gasteiger partial charge on any atom is 0.251 e. The van der Waals surface area contributed by atoms with Crippen molar-refractivity contribution in [1.82, 2.24) is 10.3 Å². The first kappa shape index (κ1) is 19.6. The highest BCUT2D eigenvalue weighted by Crippen LogP contribution is 2.37. The molecular weight excluding hydrogens is 390 g/mol. The summed E-state index contributed by atoms with van der Waals surface area (Å²) in [5, 5.41) is 2.91. The highest BCUT2D eigenvalue weighted by Gasteiger charge is 2.23. The van der Waals surface area contributed by atoms with Crippen LogP contribution in [0.3, 0.4) is 0 Å². The van der Waals surface area contributed by atoms with Crippen molar-refractivity contribution in [3.63, 3.8) is 0 Å². The van der Waals surface area contributed by atoms with Gasteiger partial charge in [-0.15, -0.1) is 0 Å². The summed E-state index contributed by atoms with van der Waals surface area (Å²) in [6, 6.07) is 16.3. The standard InChI is InChI=1S/C25H25N3O3/c1-17(18-6-8-26-9-7-18)31-24-14-20-16-27-25(29)23(20)15-22(24)19-2-4-21(5-3-19)28-10-12-30-13-11-28/h2-9,14-15,17H,10-13,16H2,1H3,(H,27,29). The van der Waals surface area contributed by atoms with Gasteiger partial charge in [-0.3, -0.25) is 9.78 Å². The van der Waals surface area contributed by atoms with Crippen molar-refractivity contribution in [3.8, 4) is 16.9 Å². The number of anilines is 1. The first-order valence-electron chi connectivity index (χ1n) is 10.6. The summed E-state index contributed by atoms with van der Waals surface area (Å²) in [5.41, 5.74) is 5.87. The highest BCUT2D eigenvalue weighted by atomic mass is 16.5. The van der Waals surface area contributed by atoms with Gasteiger partial charge in [0.2, 0.25) is 0 Å². The molecule has 3 aromatic rings. The number of nitrogens with one attached hydrogen (secondary N) is 1. The number of rotatable bonds is 5. The molecule has 0 bridgehead atoms. The topological polar surface area (TPSA) is 63.7 Å². The van der Waals surface area contributed by atoms with Gasteiger partial charge in [0.1, 0.15) is 11.9 Å². The third-order valence-electron chi connectivity index (χ3n) is 5.92. The van der Waals surface area contributed by atoms with Gasteiger partial charge >= 0.3 is 0 Å². The summed E-state index contributed by atoms with van der Waals surface area (Å²) in [4.78, 5) is 18.7. The second-order valence-electron chi connectivity index (χ2n) is 7.88. The van der Waals surface area contributed by atoms with Gasteiger partial charge in [-0.05, 0) is 60.0 Å². The largest absolute Gasteiger partial charge is 0.485 e. The van der Waals surface area contributed by atoms with Gasteiger partial charge < -0.3 is 19.7 Å². The quantitative estimate of drug-likeness (QED) is 0.683. The van der Waals surface area contributed by atoms with Crippen LogP contribution in [0.25, 0.3) is 11.1 Å². The number of carbonyl (C=O) groups is 1. The molecule has 0 aliphatic carbocycles. The molecule has 1 N–H and O–H groups in total. The van der Waals surface area contributed by atoms with Crippen LogP contribution < -0.4 is 15.0 Å². The second kappa shape index (κ2) is 8.40. The Kier molecular flexibility index (Phi) is 5.30. The van der Waals surface area contributed by atoms with E-state index in [4.69, 9.17) is 9.47 Å². The van der Waals surface area contributed by atoms with Crippen LogP contribution >= 0.6 is 0 Å². The van der Waals surface area contributed by atoms with Gasteiger partial charge in [0.05, 0.1) is 13.2 Å². The van der Waals surface area contributed by atoms with Crippen LogP contribution in [0.15, 0.2) is 60.9 Å². The van der Waals surface area contributed by atoms with Gasteiger partial charge in [-0.25, -0.2) is 0 Å². The van der Waals surface area contributed by atoms with Gasteiger partial charge in [0.15, 0.2) is 0 Å². The van der Waals surface area contributed by atoms with E-state index in [1.165, 1.54) is 5.69 Å². The molecule has 0 saturated carbocycles. The molecule has 1 amide bonds. The number of aromatic nitrogens is 1. The summed E-state index contributed by atoms with van der Waals surface area (Å²) in [6.07, 6.45) is 3.40. The van der Waals surface area contributed by atoms with E-state index in [1.54, 1.807) is 12.4 Å². The molecular formula is C25H25N3O3. The lowest BCUT2D eigenvalue weighted by Gasteiger charge is -2.29. The first-order valence-corrected chi connectivity index (χ1v) is 10.6. The van der Waals surface area contributed by atoms with Crippen LogP contribution in [0.2, 0.25) is 0 Å². The molecule has 1 aromatic heterocycles. The second-order valence-corrected chi connectivity index (χ2v) is 7.88. The fraction of sp³-hybridized carbons (Fsp3) is 0.280. The lowest BCUT2D eigenvalue weighted by Crippen LogP contribution is -2.36. The molecule has 158 valence electrons. The zero-order valence-corrected chi connectivity index (χ0v) is 17.5. The molecule has 6 nitrogen and oxygen atoms in total. The minimum Gasteiger partial charge on any atom is -0.485 e. The lowest BCUT2D eigenvalue weighted by molar-refractivity contribution is 0.0965. The lowest BCUT2D eigenvalue weighted by atomic mass is 9.98. The molecule has 3 heterocycles. The molecule has 2 aromatic carbocycles. The summed E-state index contributed by atoms with van der Waals surface area (Å²) < 4.78 is 11.9. The monoisotopic (exact) mass is 415 g/mol. The minimum absolute atomic E-state index is 0.0325. The molecule has 5 rings (SSSR count). The van der Waals surface area contributed by atoms with Crippen molar-refractivity contribution in [3.05, 3.63) is 77.6 Å². The number of pyridine rings is 1. The molecule has 1 saturated heterocycles. The number of nitrogens with zero attached hydrogens (tertiary/aromatic N) is 2. The molecule has 0 spiro atoms. The summed E-state index contributed by atoms with van der Waals surface area (Å²) in [6.45, 7) is 5.87. The van der Waals surface area contributed by atoms with Gasteiger partial charge in [-0.1, -0.05) is 12.1 Å².